The summed E-state index contributed by atoms with van der Waals surface area (Å²) in [5.74, 6) is 0. The first-order chi connectivity index (χ1) is 7.21. The molecule has 16 heavy (non-hydrogen) atoms. The zero-order valence-corrected chi connectivity index (χ0v) is 12.9. The summed E-state index contributed by atoms with van der Waals surface area (Å²) in [5, 5.41) is 0. The van der Waals surface area contributed by atoms with Crippen LogP contribution in [0, 0.1) is 0 Å². The Balaban J connectivity index is 3.23. The molecule has 0 saturated heterocycles. The summed E-state index contributed by atoms with van der Waals surface area (Å²) in [6.07, 6.45) is 6.80. The lowest BCUT2D eigenvalue weighted by atomic mass is 10.2. The van der Waals surface area contributed by atoms with Gasteiger partial charge in [0.25, 0.3) is 10.1 Å². The zero-order valence-electron chi connectivity index (χ0n) is 11.1. The van der Waals surface area contributed by atoms with Gasteiger partial charge < -0.3 is 0 Å². The van der Waals surface area contributed by atoms with Crippen molar-refractivity contribution in [1.29, 1.82) is 0 Å². The Hall–Kier alpha value is 0.127. The molecule has 0 atom stereocenters. The van der Waals surface area contributed by atoms with Gasteiger partial charge in [-0.2, -0.15) is 8.42 Å². The van der Waals surface area contributed by atoms with Crippen molar-refractivity contribution in [3.63, 3.8) is 0 Å². The van der Waals surface area contributed by atoms with E-state index in [1.165, 1.54) is 25.3 Å². The van der Waals surface area contributed by atoms with Crippen LogP contribution in [0.1, 0.15) is 32.1 Å². The van der Waals surface area contributed by atoms with Crippen LogP contribution in [0.25, 0.3) is 0 Å². The first kappa shape index (κ1) is 16.1. The van der Waals surface area contributed by atoms with Gasteiger partial charge in [-0.3, -0.25) is 4.18 Å². The molecule has 0 aliphatic carbocycles. The molecule has 0 aromatic heterocycles. The van der Waals surface area contributed by atoms with Crippen LogP contribution in [-0.4, -0.2) is 29.4 Å². The molecule has 0 unspecified atom stereocenters. The van der Waals surface area contributed by atoms with E-state index in [-0.39, 0.29) is 0 Å². The number of hydrogen-bond acceptors (Lipinski definition) is 3. The lowest BCUT2D eigenvalue weighted by Gasteiger charge is -2.14. The van der Waals surface area contributed by atoms with E-state index >= 15 is 0 Å². The van der Waals surface area contributed by atoms with Crippen molar-refractivity contribution in [2.45, 2.75) is 57.8 Å². The van der Waals surface area contributed by atoms with Crippen LogP contribution in [0.5, 0.6) is 0 Å². The summed E-state index contributed by atoms with van der Waals surface area (Å²) in [4.78, 5) is 0. The Morgan fingerprint density at radius 3 is 1.94 bits per heavy atom. The Bertz CT molecular complexity index is 267. The average molecular weight is 266 g/mol. The van der Waals surface area contributed by atoms with E-state index in [1.54, 1.807) is 0 Å². The SMILES string of the molecule is C[Si](C)(C)CCCCCCCOS(C)(=O)=O. The van der Waals surface area contributed by atoms with E-state index in [2.05, 4.69) is 23.8 Å². The zero-order chi connectivity index (χ0) is 12.7. The van der Waals surface area contributed by atoms with E-state index in [4.69, 9.17) is 0 Å². The van der Waals surface area contributed by atoms with Crippen molar-refractivity contribution in [2.75, 3.05) is 12.9 Å². The molecule has 0 radical (unpaired) electrons. The van der Waals surface area contributed by atoms with Crippen molar-refractivity contribution in [2.24, 2.45) is 0 Å². The summed E-state index contributed by atoms with van der Waals surface area (Å²) < 4.78 is 26.0. The molecule has 0 saturated carbocycles. The normalized spacial score (nSPS) is 13.0. The maximum Gasteiger partial charge on any atom is 0.264 e. The van der Waals surface area contributed by atoms with Gasteiger partial charge in [0.05, 0.1) is 12.9 Å². The minimum atomic E-state index is -3.24. The topological polar surface area (TPSA) is 43.4 Å². The van der Waals surface area contributed by atoms with Crippen LogP contribution < -0.4 is 0 Å². The quantitative estimate of drug-likeness (QED) is 0.365. The van der Waals surface area contributed by atoms with Crippen LogP contribution in [-0.2, 0) is 14.3 Å². The molecule has 98 valence electrons. The molecule has 0 aliphatic heterocycles. The highest BCUT2D eigenvalue weighted by molar-refractivity contribution is 7.85. The smallest absolute Gasteiger partial charge is 0.264 e. The third kappa shape index (κ3) is 14.1. The fourth-order valence-corrected chi connectivity index (χ4v) is 3.23. The summed E-state index contributed by atoms with van der Waals surface area (Å²) in [6.45, 7) is 7.53. The van der Waals surface area contributed by atoms with Gasteiger partial charge in [-0.05, 0) is 6.42 Å². The molecule has 3 nitrogen and oxygen atoms in total. The second-order valence-corrected chi connectivity index (χ2v) is 12.9. The van der Waals surface area contributed by atoms with Crippen LogP contribution in [0.3, 0.4) is 0 Å². The Morgan fingerprint density at radius 2 is 1.44 bits per heavy atom. The first-order valence-electron chi connectivity index (χ1n) is 6.05. The molecule has 0 N–H and O–H groups in total. The molecular weight excluding hydrogens is 240 g/mol. The van der Waals surface area contributed by atoms with Crippen molar-refractivity contribution in [3.05, 3.63) is 0 Å². The maximum atomic E-state index is 10.7. The van der Waals surface area contributed by atoms with Crippen LogP contribution in [0.4, 0.5) is 0 Å². The summed E-state index contributed by atoms with van der Waals surface area (Å²) in [7, 11) is -4.10. The Kier molecular flexibility index (Phi) is 7.51. The third-order valence-electron chi connectivity index (χ3n) is 2.37. The molecule has 0 rings (SSSR count). The summed E-state index contributed by atoms with van der Waals surface area (Å²) in [6, 6.07) is 1.40. The monoisotopic (exact) mass is 266 g/mol. The molecule has 0 aromatic carbocycles. The van der Waals surface area contributed by atoms with E-state index < -0.39 is 18.2 Å². The molecule has 0 heterocycles. The standard InChI is InChI=1S/C11H26O3SSi/c1-15(12,13)14-10-8-6-5-7-9-11-16(2,3)4/h5-11H2,1-4H3. The van der Waals surface area contributed by atoms with E-state index in [0.717, 1.165) is 19.1 Å². The van der Waals surface area contributed by atoms with Crippen LogP contribution in [0.15, 0.2) is 0 Å². The average Bonchev–Trinajstić information content (AvgIpc) is 2.06. The van der Waals surface area contributed by atoms with Crippen LogP contribution >= 0.6 is 0 Å². The predicted molar refractivity (Wildman–Crippen MR) is 72.0 cm³/mol. The fraction of sp³-hybridized carbons (Fsp3) is 1.00. The highest BCUT2D eigenvalue weighted by Gasteiger charge is 2.11. The van der Waals surface area contributed by atoms with Gasteiger partial charge in [0.1, 0.15) is 0 Å². The largest absolute Gasteiger partial charge is 0.270 e. The van der Waals surface area contributed by atoms with Gasteiger partial charge in [-0.1, -0.05) is 51.4 Å². The highest BCUT2D eigenvalue weighted by Crippen LogP contribution is 2.15. The molecule has 0 fully saturated rings. The van der Waals surface area contributed by atoms with Gasteiger partial charge in [0.15, 0.2) is 0 Å². The third-order valence-corrected chi connectivity index (χ3v) is 4.82. The van der Waals surface area contributed by atoms with E-state index in [1.807, 2.05) is 0 Å². The van der Waals surface area contributed by atoms with Gasteiger partial charge in [-0.25, -0.2) is 0 Å². The number of unbranched alkanes of at least 4 members (excludes halogenated alkanes) is 4. The number of rotatable bonds is 9. The van der Waals surface area contributed by atoms with E-state index in [9.17, 15) is 8.42 Å². The van der Waals surface area contributed by atoms with Gasteiger partial charge in [0, 0.05) is 8.07 Å². The number of hydrogen-bond donors (Lipinski definition) is 0. The second kappa shape index (κ2) is 7.45. The first-order valence-corrected chi connectivity index (χ1v) is 11.6. The molecular formula is C11H26O3SSi. The Morgan fingerprint density at radius 1 is 0.938 bits per heavy atom. The lowest BCUT2D eigenvalue weighted by Crippen LogP contribution is -2.18. The predicted octanol–water partition coefficient (Wildman–Crippen LogP) is 3.25. The Labute approximate surface area is 102 Å². The van der Waals surface area contributed by atoms with Gasteiger partial charge in [0.2, 0.25) is 0 Å². The van der Waals surface area contributed by atoms with Crippen molar-refractivity contribution < 1.29 is 12.6 Å². The van der Waals surface area contributed by atoms with E-state index in [0.29, 0.717) is 6.61 Å². The maximum absolute atomic E-state index is 10.7. The van der Waals surface area contributed by atoms with Crippen molar-refractivity contribution in [3.8, 4) is 0 Å². The molecule has 5 heteroatoms. The van der Waals surface area contributed by atoms with Crippen LogP contribution in [0.2, 0.25) is 25.7 Å². The minimum absolute atomic E-state index is 0.340. The molecule has 0 bridgehead atoms. The lowest BCUT2D eigenvalue weighted by molar-refractivity contribution is 0.310. The minimum Gasteiger partial charge on any atom is -0.270 e. The van der Waals surface area contributed by atoms with Gasteiger partial charge >= 0.3 is 0 Å². The second-order valence-electron chi connectivity index (χ2n) is 5.60. The van der Waals surface area contributed by atoms with Gasteiger partial charge in [-0.15, -0.1) is 0 Å². The fourth-order valence-electron chi connectivity index (χ4n) is 1.50. The summed E-state index contributed by atoms with van der Waals surface area (Å²) >= 11 is 0. The van der Waals surface area contributed by atoms with Crippen molar-refractivity contribution >= 4 is 18.2 Å². The van der Waals surface area contributed by atoms with Crippen molar-refractivity contribution in [1.82, 2.24) is 0 Å². The molecule has 0 spiro atoms. The molecule has 0 aliphatic rings. The molecule has 0 amide bonds. The highest BCUT2D eigenvalue weighted by atomic mass is 32.2. The summed E-state index contributed by atoms with van der Waals surface area (Å²) in [5.41, 5.74) is 0. The molecule has 0 aromatic rings.